The van der Waals surface area contributed by atoms with E-state index in [9.17, 15) is 9.59 Å². The zero-order chi connectivity index (χ0) is 14.4. The Morgan fingerprint density at radius 1 is 1.25 bits per heavy atom. The Balaban J connectivity index is 1.70. The number of thioether (sulfide) groups is 1. The highest BCUT2D eigenvalue weighted by atomic mass is 32.2. The SMILES string of the molecule is Cc1ccccc1SCC(=O)NCC(=O)N1CCCC1. The smallest absolute Gasteiger partial charge is 0.241 e. The molecule has 1 saturated heterocycles. The Labute approximate surface area is 123 Å². The van der Waals surface area contributed by atoms with Crippen LogP contribution in [0.4, 0.5) is 0 Å². The number of nitrogens with zero attached hydrogens (tertiary/aromatic N) is 1. The van der Waals surface area contributed by atoms with Crippen LogP contribution in [0.15, 0.2) is 29.2 Å². The molecular weight excluding hydrogens is 272 g/mol. The number of nitrogens with one attached hydrogen (secondary N) is 1. The van der Waals surface area contributed by atoms with E-state index in [1.54, 1.807) is 0 Å². The summed E-state index contributed by atoms with van der Waals surface area (Å²) in [6.45, 7) is 3.80. The van der Waals surface area contributed by atoms with E-state index in [4.69, 9.17) is 0 Å². The van der Waals surface area contributed by atoms with E-state index in [2.05, 4.69) is 5.32 Å². The van der Waals surface area contributed by atoms with Crippen molar-refractivity contribution >= 4 is 23.6 Å². The Bertz CT molecular complexity index is 485. The molecule has 5 heteroatoms. The molecule has 0 atom stereocenters. The van der Waals surface area contributed by atoms with Crippen molar-refractivity contribution in [2.45, 2.75) is 24.7 Å². The molecule has 2 amide bonds. The first kappa shape index (κ1) is 14.9. The molecule has 0 unspecified atom stereocenters. The number of rotatable bonds is 5. The molecule has 20 heavy (non-hydrogen) atoms. The van der Waals surface area contributed by atoms with Crippen LogP contribution in [0, 0.1) is 6.92 Å². The average Bonchev–Trinajstić information content (AvgIpc) is 2.98. The Morgan fingerprint density at radius 3 is 2.65 bits per heavy atom. The molecule has 1 aliphatic heterocycles. The molecule has 4 nitrogen and oxygen atoms in total. The highest BCUT2D eigenvalue weighted by Gasteiger charge is 2.18. The van der Waals surface area contributed by atoms with Gasteiger partial charge in [-0.15, -0.1) is 11.8 Å². The predicted octanol–water partition coefficient (Wildman–Crippen LogP) is 1.83. The van der Waals surface area contributed by atoms with E-state index in [-0.39, 0.29) is 18.4 Å². The third-order valence-corrected chi connectivity index (χ3v) is 4.52. The van der Waals surface area contributed by atoms with Crippen LogP contribution < -0.4 is 5.32 Å². The molecule has 1 heterocycles. The minimum Gasteiger partial charge on any atom is -0.346 e. The summed E-state index contributed by atoms with van der Waals surface area (Å²) in [4.78, 5) is 26.4. The number of hydrogen-bond donors (Lipinski definition) is 1. The van der Waals surface area contributed by atoms with Crippen molar-refractivity contribution in [2.75, 3.05) is 25.4 Å². The van der Waals surface area contributed by atoms with Crippen molar-refractivity contribution < 1.29 is 9.59 Å². The molecule has 1 aromatic rings. The number of likely N-dealkylation sites (tertiary alicyclic amines) is 1. The molecule has 0 radical (unpaired) electrons. The van der Waals surface area contributed by atoms with Gasteiger partial charge in [0.2, 0.25) is 11.8 Å². The lowest BCUT2D eigenvalue weighted by Gasteiger charge is -2.15. The lowest BCUT2D eigenvalue weighted by molar-refractivity contribution is -0.131. The molecular formula is C15H20N2O2S. The molecule has 1 N–H and O–H groups in total. The van der Waals surface area contributed by atoms with Gasteiger partial charge < -0.3 is 10.2 Å². The second-order valence-corrected chi connectivity index (χ2v) is 5.94. The summed E-state index contributed by atoms with van der Waals surface area (Å²) in [6.07, 6.45) is 2.14. The van der Waals surface area contributed by atoms with Crippen LogP contribution in [0.3, 0.4) is 0 Å². The first-order valence-corrected chi connectivity index (χ1v) is 7.88. The molecule has 1 fully saturated rings. The maximum atomic E-state index is 11.8. The topological polar surface area (TPSA) is 49.4 Å². The first-order chi connectivity index (χ1) is 9.66. The second-order valence-electron chi connectivity index (χ2n) is 4.92. The lowest BCUT2D eigenvalue weighted by Crippen LogP contribution is -2.39. The molecule has 0 bridgehead atoms. The third-order valence-electron chi connectivity index (χ3n) is 3.35. The number of amides is 2. The Morgan fingerprint density at radius 2 is 1.95 bits per heavy atom. The standard InChI is InChI=1S/C15H20N2O2S/c1-12-6-2-3-7-13(12)20-11-14(18)16-10-15(19)17-8-4-5-9-17/h2-3,6-7H,4-5,8-11H2,1H3,(H,16,18). The number of carbonyl (C=O) groups is 2. The lowest BCUT2D eigenvalue weighted by atomic mass is 10.2. The van der Waals surface area contributed by atoms with E-state index in [1.807, 2.05) is 36.1 Å². The number of aryl methyl sites for hydroxylation is 1. The van der Waals surface area contributed by atoms with Crippen LogP contribution in [-0.2, 0) is 9.59 Å². The van der Waals surface area contributed by atoms with Crippen molar-refractivity contribution in [2.24, 2.45) is 0 Å². The first-order valence-electron chi connectivity index (χ1n) is 6.90. The minimum atomic E-state index is -0.0919. The summed E-state index contributed by atoms with van der Waals surface area (Å²) in [5, 5.41) is 2.70. The monoisotopic (exact) mass is 292 g/mol. The predicted molar refractivity (Wildman–Crippen MR) is 80.7 cm³/mol. The van der Waals surface area contributed by atoms with E-state index in [0.717, 1.165) is 30.8 Å². The van der Waals surface area contributed by atoms with E-state index < -0.39 is 0 Å². The summed E-state index contributed by atoms with van der Waals surface area (Å²) < 4.78 is 0. The van der Waals surface area contributed by atoms with E-state index in [0.29, 0.717) is 5.75 Å². The molecule has 1 aromatic carbocycles. The Kier molecular flexibility index (Phi) is 5.47. The fourth-order valence-electron chi connectivity index (χ4n) is 2.17. The molecule has 0 aliphatic carbocycles. The number of carbonyl (C=O) groups excluding carboxylic acids is 2. The molecule has 108 valence electrons. The van der Waals surface area contributed by atoms with Crippen LogP contribution in [0.2, 0.25) is 0 Å². The summed E-state index contributed by atoms with van der Waals surface area (Å²) in [5.74, 6) is 0.278. The Hall–Kier alpha value is -1.49. The van der Waals surface area contributed by atoms with Gasteiger partial charge in [0.1, 0.15) is 0 Å². The van der Waals surface area contributed by atoms with Crippen molar-refractivity contribution in [1.29, 1.82) is 0 Å². The molecule has 1 aliphatic rings. The van der Waals surface area contributed by atoms with Crippen molar-refractivity contribution in [3.05, 3.63) is 29.8 Å². The second kappa shape index (κ2) is 7.33. The van der Waals surface area contributed by atoms with Gasteiger partial charge >= 0.3 is 0 Å². The fraction of sp³-hybridized carbons (Fsp3) is 0.467. The average molecular weight is 292 g/mol. The maximum Gasteiger partial charge on any atom is 0.241 e. The van der Waals surface area contributed by atoms with Gasteiger partial charge in [-0.05, 0) is 31.4 Å². The summed E-state index contributed by atoms with van der Waals surface area (Å²) in [7, 11) is 0. The largest absolute Gasteiger partial charge is 0.346 e. The van der Waals surface area contributed by atoms with Gasteiger partial charge in [-0.1, -0.05) is 18.2 Å². The molecule has 0 aromatic heterocycles. The van der Waals surface area contributed by atoms with Crippen LogP contribution in [-0.4, -0.2) is 42.1 Å². The normalized spacial score (nSPS) is 14.3. The highest BCUT2D eigenvalue weighted by molar-refractivity contribution is 8.00. The van der Waals surface area contributed by atoms with Gasteiger partial charge in [-0.25, -0.2) is 0 Å². The molecule has 0 saturated carbocycles. The quantitative estimate of drug-likeness (QED) is 0.842. The number of benzene rings is 1. The summed E-state index contributed by atoms with van der Waals surface area (Å²) in [6, 6.07) is 7.97. The van der Waals surface area contributed by atoms with Gasteiger partial charge in [-0.2, -0.15) is 0 Å². The molecule has 0 spiro atoms. The summed E-state index contributed by atoms with van der Waals surface area (Å²) >= 11 is 1.50. The van der Waals surface area contributed by atoms with Gasteiger partial charge in [0, 0.05) is 18.0 Å². The van der Waals surface area contributed by atoms with Gasteiger partial charge in [0.15, 0.2) is 0 Å². The van der Waals surface area contributed by atoms with Crippen LogP contribution in [0.1, 0.15) is 18.4 Å². The van der Waals surface area contributed by atoms with Crippen LogP contribution in [0.5, 0.6) is 0 Å². The van der Waals surface area contributed by atoms with Gasteiger partial charge in [0.05, 0.1) is 12.3 Å². The maximum absolute atomic E-state index is 11.8. The van der Waals surface area contributed by atoms with Gasteiger partial charge in [-0.3, -0.25) is 9.59 Å². The molecule has 2 rings (SSSR count). The van der Waals surface area contributed by atoms with Crippen LogP contribution in [0.25, 0.3) is 0 Å². The zero-order valence-corrected chi connectivity index (χ0v) is 12.5. The minimum absolute atomic E-state index is 0.0248. The van der Waals surface area contributed by atoms with Crippen molar-refractivity contribution in [1.82, 2.24) is 10.2 Å². The number of hydrogen-bond acceptors (Lipinski definition) is 3. The fourth-order valence-corrected chi connectivity index (χ4v) is 3.02. The van der Waals surface area contributed by atoms with Crippen LogP contribution >= 0.6 is 11.8 Å². The van der Waals surface area contributed by atoms with E-state index in [1.165, 1.54) is 17.3 Å². The van der Waals surface area contributed by atoms with Crippen molar-refractivity contribution in [3.63, 3.8) is 0 Å². The summed E-state index contributed by atoms with van der Waals surface area (Å²) in [5.41, 5.74) is 1.17. The van der Waals surface area contributed by atoms with Crippen molar-refractivity contribution in [3.8, 4) is 0 Å². The van der Waals surface area contributed by atoms with E-state index >= 15 is 0 Å². The highest BCUT2D eigenvalue weighted by Crippen LogP contribution is 2.21. The third kappa shape index (κ3) is 4.27. The van der Waals surface area contributed by atoms with Gasteiger partial charge in [0.25, 0.3) is 0 Å². The zero-order valence-electron chi connectivity index (χ0n) is 11.7.